The normalized spacial score (nSPS) is 17.1. The molecule has 0 aliphatic carbocycles. The molecular formula is C21H23FN4OS. The molecule has 146 valence electrons. The van der Waals surface area contributed by atoms with Crippen molar-refractivity contribution in [3.05, 3.63) is 46.3 Å². The summed E-state index contributed by atoms with van der Waals surface area (Å²) in [5, 5.41) is 3.75. The Hall–Kier alpha value is -2.54. The first-order valence-electron chi connectivity index (χ1n) is 9.54. The summed E-state index contributed by atoms with van der Waals surface area (Å²) in [5.74, 6) is 0.325. The Kier molecular flexibility index (Phi) is 5.02. The highest BCUT2D eigenvalue weighted by atomic mass is 32.1. The summed E-state index contributed by atoms with van der Waals surface area (Å²) in [4.78, 5) is 25.5. The van der Waals surface area contributed by atoms with Crippen LogP contribution in [0.4, 0.5) is 15.9 Å². The lowest BCUT2D eigenvalue weighted by Crippen LogP contribution is -2.38. The second kappa shape index (κ2) is 7.47. The standard InChI is InChI=1S/C21H23FN4OS/c1-12-7-8-15(10-16(12)22)25-20(27)18-14(3)17-19(23-11-24-21(17)28-18)26-9-5-4-6-13(26)2/h7-8,10-11,13H,4-6,9H2,1-3H3,(H,25,27)/t13-/m1/s1. The van der Waals surface area contributed by atoms with Crippen molar-refractivity contribution in [2.24, 2.45) is 0 Å². The number of fused-ring (bicyclic) bond motifs is 1. The average Bonchev–Trinajstić information content (AvgIpc) is 3.02. The first kappa shape index (κ1) is 18.8. The minimum Gasteiger partial charge on any atom is -0.353 e. The summed E-state index contributed by atoms with van der Waals surface area (Å²) in [7, 11) is 0. The molecule has 0 bridgehead atoms. The van der Waals surface area contributed by atoms with Crippen LogP contribution in [0.2, 0.25) is 0 Å². The fraction of sp³-hybridized carbons (Fsp3) is 0.381. The maximum absolute atomic E-state index is 13.8. The van der Waals surface area contributed by atoms with Crippen LogP contribution in [0.5, 0.6) is 0 Å². The third-order valence-corrected chi connectivity index (χ3v) is 6.62. The van der Waals surface area contributed by atoms with Gasteiger partial charge in [0.05, 0.1) is 10.3 Å². The summed E-state index contributed by atoms with van der Waals surface area (Å²) >= 11 is 1.35. The third-order valence-electron chi connectivity index (χ3n) is 5.42. The molecule has 1 amide bonds. The summed E-state index contributed by atoms with van der Waals surface area (Å²) in [5.41, 5.74) is 1.87. The molecular weight excluding hydrogens is 375 g/mol. The van der Waals surface area contributed by atoms with E-state index in [0.717, 1.165) is 41.0 Å². The van der Waals surface area contributed by atoms with Crippen molar-refractivity contribution in [2.75, 3.05) is 16.8 Å². The molecule has 1 aromatic carbocycles. The quantitative estimate of drug-likeness (QED) is 0.669. The Morgan fingerprint density at radius 2 is 2.11 bits per heavy atom. The molecule has 0 spiro atoms. The highest BCUT2D eigenvalue weighted by Crippen LogP contribution is 2.37. The van der Waals surface area contributed by atoms with Crippen LogP contribution in [-0.4, -0.2) is 28.5 Å². The molecule has 5 nitrogen and oxygen atoms in total. The van der Waals surface area contributed by atoms with E-state index in [2.05, 4.69) is 27.1 Å². The lowest BCUT2D eigenvalue weighted by Gasteiger charge is -2.34. The average molecular weight is 399 g/mol. The number of aryl methyl sites for hydroxylation is 2. The molecule has 28 heavy (non-hydrogen) atoms. The van der Waals surface area contributed by atoms with Crippen molar-refractivity contribution >= 4 is 39.0 Å². The van der Waals surface area contributed by atoms with Crippen molar-refractivity contribution in [1.29, 1.82) is 0 Å². The van der Waals surface area contributed by atoms with Crippen molar-refractivity contribution in [2.45, 2.75) is 46.1 Å². The van der Waals surface area contributed by atoms with E-state index < -0.39 is 0 Å². The van der Waals surface area contributed by atoms with Gasteiger partial charge in [0, 0.05) is 18.3 Å². The van der Waals surface area contributed by atoms with Crippen LogP contribution in [0.25, 0.3) is 10.2 Å². The number of nitrogens with zero attached hydrogens (tertiary/aromatic N) is 3. The number of amides is 1. The monoisotopic (exact) mass is 398 g/mol. The van der Waals surface area contributed by atoms with Crippen molar-refractivity contribution < 1.29 is 9.18 Å². The van der Waals surface area contributed by atoms with Gasteiger partial charge < -0.3 is 10.2 Å². The molecule has 2 aromatic heterocycles. The van der Waals surface area contributed by atoms with Crippen LogP contribution in [0.15, 0.2) is 24.5 Å². The number of carbonyl (C=O) groups is 1. The Morgan fingerprint density at radius 3 is 2.86 bits per heavy atom. The van der Waals surface area contributed by atoms with Gasteiger partial charge >= 0.3 is 0 Å². The first-order chi connectivity index (χ1) is 13.5. The summed E-state index contributed by atoms with van der Waals surface area (Å²) in [6.07, 6.45) is 5.09. The zero-order chi connectivity index (χ0) is 19.8. The second-order valence-corrected chi connectivity index (χ2v) is 8.39. The highest BCUT2D eigenvalue weighted by Gasteiger charge is 2.25. The molecule has 1 aliphatic rings. The van der Waals surface area contributed by atoms with Gasteiger partial charge in [-0.1, -0.05) is 6.07 Å². The molecule has 1 aliphatic heterocycles. The first-order valence-corrected chi connectivity index (χ1v) is 10.4. The predicted octanol–water partition coefficient (Wildman–Crippen LogP) is 5.08. The number of anilines is 2. The molecule has 3 heterocycles. The van der Waals surface area contributed by atoms with E-state index in [1.165, 1.54) is 23.8 Å². The number of carbonyl (C=O) groups excluding carboxylic acids is 1. The van der Waals surface area contributed by atoms with Crippen LogP contribution in [0.1, 0.15) is 47.0 Å². The Balaban J connectivity index is 1.70. The number of piperidine rings is 1. The Labute approximate surface area is 167 Å². The van der Waals surface area contributed by atoms with Gasteiger partial charge in [0.15, 0.2) is 0 Å². The van der Waals surface area contributed by atoms with E-state index in [1.54, 1.807) is 25.4 Å². The number of hydrogen-bond acceptors (Lipinski definition) is 5. The maximum atomic E-state index is 13.8. The minimum absolute atomic E-state index is 0.249. The minimum atomic E-state index is -0.335. The molecule has 1 N–H and O–H groups in total. The SMILES string of the molecule is Cc1ccc(NC(=O)c2sc3ncnc(N4CCCC[C@H]4C)c3c2C)cc1F. The number of thiophene rings is 1. The molecule has 1 atom stereocenters. The number of halogens is 1. The predicted molar refractivity (Wildman–Crippen MR) is 112 cm³/mol. The van der Waals surface area contributed by atoms with Crippen LogP contribution in [0, 0.1) is 19.7 Å². The molecule has 1 saturated heterocycles. The van der Waals surface area contributed by atoms with Crippen LogP contribution in [-0.2, 0) is 0 Å². The Morgan fingerprint density at radius 1 is 1.29 bits per heavy atom. The zero-order valence-corrected chi connectivity index (χ0v) is 17.1. The van der Waals surface area contributed by atoms with Gasteiger partial charge in [-0.25, -0.2) is 14.4 Å². The molecule has 0 saturated carbocycles. The lowest BCUT2D eigenvalue weighted by atomic mass is 10.0. The van der Waals surface area contributed by atoms with E-state index in [4.69, 9.17) is 0 Å². The highest BCUT2D eigenvalue weighted by molar-refractivity contribution is 7.20. The van der Waals surface area contributed by atoms with E-state index in [9.17, 15) is 9.18 Å². The van der Waals surface area contributed by atoms with Crippen molar-refractivity contribution in [3.8, 4) is 0 Å². The topological polar surface area (TPSA) is 58.1 Å². The van der Waals surface area contributed by atoms with Gasteiger partial charge in [-0.2, -0.15) is 0 Å². The smallest absolute Gasteiger partial charge is 0.266 e. The number of nitrogens with one attached hydrogen (secondary N) is 1. The van der Waals surface area contributed by atoms with Crippen LogP contribution < -0.4 is 10.2 Å². The second-order valence-electron chi connectivity index (χ2n) is 7.39. The summed E-state index contributed by atoms with van der Waals surface area (Å²) < 4.78 is 13.8. The van der Waals surface area contributed by atoms with Gasteiger partial charge in [0.2, 0.25) is 0 Å². The van der Waals surface area contributed by atoms with Crippen molar-refractivity contribution in [1.82, 2.24) is 9.97 Å². The number of hydrogen-bond donors (Lipinski definition) is 1. The molecule has 1 fully saturated rings. The fourth-order valence-corrected chi connectivity index (χ4v) is 4.80. The summed E-state index contributed by atoms with van der Waals surface area (Å²) in [6, 6.07) is 5.12. The molecule has 0 radical (unpaired) electrons. The maximum Gasteiger partial charge on any atom is 0.266 e. The fourth-order valence-electron chi connectivity index (χ4n) is 3.76. The van der Waals surface area contributed by atoms with Gasteiger partial charge in [-0.05, 0) is 63.3 Å². The Bertz CT molecular complexity index is 1050. The lowest BCUT2D eigenvalue weighted by molar-refractivity contribution is 0.103. The van der Waals surface area contributed by atoms with E-state index in [0.29, 0.717) is 22.2 Å². The van der Waals surface area contributed by atoms with Crippen LogP contribution >= 0.6 is 11.3 Å². The molecule has 7 heteroatoms. The number of rotatable bonds is 3. The van der Waals surface area contributed by atoms with E-state index in [-0.39, 0.29) is 11.7 Å². The van der Waals surface area contributed by atoms with Gasteiger partial charge in [0.25, 0.3) is 5.91 Å². The third kappa shape index (κ3) is 3.35. The number of aromatic nitrogens is 2. The van der Waals surface area contributed by atoms with E-state index >= 15 is 0 Å². The molecule has 0 unspecified atom stereocenters. The van der Waals surface area contributed by atoms with Gasteiger partial charge in [0.1, 0.15) is 22.8 Å². The van der Waals surface area contributed by atoms with E-state index in [1.807, 2.05) is 6.92 Å². The summed E-state index contributed by atoms with van der Waals surface area (Å²) in [6.45, 7) is 6.81. The van der Waals surface area contributed by atoms with Gasteiger partial charge in [-0.3, -0.25) is 4.79 Å². The number of benzene rings is 1. The van der Waals surface area contributed by atoms with Gasteiger partial charge in [-0.15, -0.1) is 11.3 Å². The van der Waals surface area contributed by atoms with Crippen molar-refractivity contribution in [3.63, 3.8) is 0 Å². The molecule has 3 aromatic rings. The zero-order valence-electron chi connectivity index (χ0n) is 16.3. The molecule has 4 rings (SSSR count). The largest absolute Gasteiger partial charge is 0.353 e. The van der Waals surface area contributed by atoms with Crippen LogP contribution in [0.3, 0.4) is 0 Å².